The molecule has 1 saturated heterocycles. The first kappa shape index (κ1) is 15.3. The third-order valence-corrected chi connectivity index (χ3v) is 4.88. The van der Waals surface area contributed by atoms with E-state index in [0.29, 0.717) is 24.1 Å². The third-order valence-electron chi connectivity index (χ3n) is 4.45. The van der Waals surface area contributed by atoms with Crippen LogP contribution in [0.1, 0.15) is 22.0 Å². The molecule has 0 saturated carbocycles. The van der Waals surface area contributed by atoms with E-state index in [2.05, 4.69) is 28.1 Å². The third kappa shape index (κ3) is 2.83. The van der Waals surface area contributed by atoms with Crippen LogP contribution in [0.25, 0.3) is 0 Å². The molecule has 3 rings (SSSR count). The topological polar surface area (TPSA) is 51.3 Å². The fraction of sp³-hybridized carbons (Fsp3) is 0.353. The lowest BCUT2D eigenvalue weighted by atomic mass is 9.89. The average Bonchev–Trinajstić information content (AvgIpc) is 3.10. The Hall–Kier alpha value is -1.59. The van der Waals surface area contributed by atoms with E-state index in [1.54, 1.807) is 0 Å². The number of likely N-dealkylation sites (tertiary alicyclic amines) is 1. The number of aromatic nitrogens is 1. The molecule has 0 spiro atoms. The summed E-state index contributed by atoms with van der Waals surface area (Å²) in [5.74, 6) is 0.707. The van der Waals surface area contributed by atoms with Gasteiger partial charge in [0.25, 0.3) is 5.91 Å². The Morgan fingerprint density at radius 3 is 2.64 bits per heavy atom. The van der Waals surface area contributed by atoms with Crippen molar-refractivity contribution in [1.82, 2.24) is 9.47 Å². The molecule has 2 aromatic rings. The minimum Gasteiger partial charge on any atom is -0.345 e. The van der Waals surface area contributed by atoms with Crippen LogP contribution in [-0.2, 0) is 7.05 Å². The first-order valence-electron chi connectivity index (χ1n) is 7.46. The monoisotopic (exact) mass is 361 g/mol. The number of amides is 1. The van der Waals surface area contributed by atoms with Gasteiger partial charge in [-0.2, -0.15) is 0 Å². The standard InChI is InChI=1S/C17H20BrN3O/c1-20-10-14(18)7-16(20)17(22)21-9-13(8-19)15(11-21)12-5-3-2-4-6-12/h2-7,10,13,15H,8-9,11,19H2,1H3/t13-,15+/m1/s1. The van der Waals surface area contributed by atoms with Crippen LogP contribution in [0.15, 0.2) is 47.1 Å². The Labute approximate surface area is 139 Å². The van der Waals surface area contributed by atoms with Crippen molar-refractivity contribution in [3.05, 3.63) is 58.3 Å². The summed E-state index contributed by atoms with van der Waals surface area (Å²) in [6, 6.07) is 12.2. The first-order chi connectivity index (χ1) is 10.6. The summed E-state index contributed by atoms with van der Waals surface area (Å²) in [5.41, 5.74) is 7.92. The molecule has 2 atom stereocenters. The molecule has 22 heavy (non-hydrogen) atoms. The number of benzene rings is 1. The van der Waals surface area contributed by atoms with Crippen molar-refractivity contribution in [2.45, 2.75) is 5.92 Å². The van der Waals surface area contributed by atoms with Crippen LogP contribution in [0, 0.1) is 5.92 Å². The van der Waals surface area contributed by atoms with Gasteiger partial charge in [-0.15, -0.1) is 0 Å². The van der Waals surface area contributed by atoms with Gasteiger partial charge in [0.05, 0.1) is 0 Å². The molecular formula is C17H20BrN3O. The van der Waals surface area contributed by atoms with Crippen molar-refractivity contribution in [2.75, 3.05) is 19.6 Å². The lowest BCUT2D eigenvalue weighted by Crippen LogP contribution is -2.31. The maximum absolute atomic E-state index is 12.8. The van der Waals surface area contributed by atoms with Crippen LogP contribution in [0.3, 0.4) is 0 Å². The summed E-state index contributed by atoms with van der Waals surface area (Å²) in [6.45, 7) is 2.05. The molecule has 0 aliphatic carbocycles. The van der Waals surface area contributed by atoms with Gasteiger partial charge < -0.3 is 15.2 Å². The Balaban J connectivity index is 1.82. The number of carbonyl (C=O) groups excluding carboxylic acids is 1. The lowest BCUT2D eigenvalue weighted by molar-refractivity contribution is 0.0777. The number of nitrogens with zero attached hydrogens (tertiary/aromatic N) is 2. The van der Waals surface area contributed by atoms with Crippen LogP contribution in [0.5, 0.6) is 0 Å². The second-order valence-corrected chi connectivity index (χ2v) is 6.79. The van der Waals surface area contributed by atoms with Crippen LogP contribution >= 0.6 is 15.9 Å². The number of hydrogen-bond donors (Lipinski definition) is 1. The summed E-state index contributed by atoms with van der Waals surface area (Å²) in [4.78, 5) is 14.7. The van der Waals surface area contributed by atoms with Gasteiger partial charge in [0, 0.05) is 36.7 Å². The quantitative estimate of drug-likeness (QED) is 0.913. The highest BCUT2D eigenvalue weighted by molar-refractivity contribution is 9.10. The molecule has 1 aromatic heterocycles. The van der Waals surface area contributed by atoms with Gasteiger partial charge in [-0.3, -0.25) is 4.79 Å². The molecule has 0 radical (unpaired) electrons. The first-order valence-corrected chi connectivity index (χ1v) is 8.25. The molecule has 2 N–H and O–H groups in total. The summed E-state index contributed by atoms with van der Waals surface area (Å²) in [7, 11) is 1.89. The zero-order valence-corrected chi connectivity index (χ0v) is 14.2. The normalized spacial score (nSPS) is 21.3. The predicted molar refractivity (Wildman–Crippen MR) is 90.7 cm³/mol. The van der Waals surface area contributed by atoms with Crippen molar-refractivity contribution in [1.29, 1.82) is 0 Å². The summed E-state index contributed by atoms with van der Waals surface area (Å²) in [6.07, 6.45) is 1.90. The molecule has 4 nitrogen and oxygen atoms in total. The van der Waals surface area contributed by atoms with Gasteiger partial charge in [0.2, 0.25) is 0 Å². The molecule has 1 aromatic carbocycles. The molecule has 2 heterocycles. The van der Waals surface area contributed by atoms with Crippen molar-refractivity contribution >= 4 is 21.8 Å². The highest BCUT2D eigenvalue weighted by atomic mass is 79.9. The summed E-state index contributed by atoms with van der Waals surface area (Å²) < 4.78 is 2.78. The van der Waals surface area contributed by atoms with Crippen molar-refractivity contribution in [3.63, 3.8) is 0 Å². The fourth-order valence-corrected chi connectivity index (χ4v) is 3.78. The fourth-order valence-electron chi connectivity index (χ4n) is 3.25. The number of rotatable bonds is 3. The van der Waals surface area contributed by atoms with E-state index in [4.69, 9.17) is 5.73 Å². The van der Waals surface area contributed by atoms with E-state index in [1.807, 2.05) is 47.0 Å². The van der Waals surface area contributed by atoms with Crippen LogP contribution in [0.2, 0.25) is 0 Å². The molecule has 116 valence electrons. The number of hydrogen-bond acceptors (Lipinski definition) is 2. The Kier molecular flexibility index (Phi) is 4.36. The van der Waals surface area contributed by atoms with Gasteiger partial charge in [-0.25, -0.2) is 0 Å². The van der Waals surface area contributed by atoms with E-state index >= 15 is 0 Å². The van der Waals surface area contributed by atoms with Crippen molar-refractivity contribution in [2.24, 2.45) is 18.7 Å². The average molecular weight is 362 g/mol. The number of halogens is 1. The molecular weight excluding hydrogens is 342 g/mol. The second-order valence-electron chi connectivity index (χ2n) is 5.88. The minimum atomic E-state index is 0.0741. The molecule has 1 aliphatic rings. The number of nitrogens with two attached hydrogens (primary N) is 1. The largest absolute Gasteiger partial charge is 0.345 e. The number of aryl methyl sites for hydroxylation is 1. The van der Waals surface area contributed by atoms with E-state index in [1.165, 1.54) is 5.56 Å². The smallest absolute Gasteiger partial charge is 0.270 e. The molecule has 0 unspecified atom stereocenters. The molecule has 1 fully saturated rings. The Bertz CT molecular complexity index is 668. The van der Waals surface area contributed by atoms with Crippen LogP contribution in [0.4, 0.5) is 0 Å². The SMILES string of the molecule is Cn1cc(Br)cc1C(=O)N1C[C@@H](CN)[C@H](c2ccccc2)C1. The van der Waals surface area contributed by atoms with E-state index in [0.717, 1.165) is 17.6 Å². The summed E-state index contributed by atoms with van der Waals surface area (Å²) in [5, 5.41) is 0. The van der Waals surface area contributed by atoms with Gasteiger partial charge in [0.15, 0.2) is 0 Å². The van der Waals surface area contributed by atoms with E-state index in [-0.39, 0.29) is 5.91 Å². The zero-order chi connectivity index (χ0) is 15.7. The van der Waals surface area contributed by atoms with E-state index < -0.39 is 0 Å². The van der Waals surface area contributed by atoms with Crippen LogP contribution in [-0.4, -0.2) is 35.0 Å². The van der Waals surface area contributed by atoms with Gasteiger partial charge in [0.1, 0.15) is 5.69 Å². The summed E-state index contributed by atoms with van der Waals surface area (Å²) >= 11 is 3.42. The van der Waals surface area contributed by atoms with Gasteiger partial charge in [-0.1, -0.05) is 30.3 Å². The lowest BCUT2D eigenvalue weighted by Gasteiger charge is -2.17. The van der Waals surface area contributed by atoms with E-state index in [9.17, 15) is 4.79 Å². The minimum absolute atomic E-state index is 0.0741. The highest BCUT2D eigenvalue weighted by Crippen LogP contribution is 2.33. The van der Waals surface area contributed by atoms with Crippen LogP contribution < -0.4 is 5.73 Å². The van der Waals surface area contributed by atoms with Gasteiger partial charge >= 0.3 is 0 Å². The second kappa shape index (κ2) is 6.26. The maximum atomic E-state index is 12.8. The van der Waals surface area contributed by atoms with Gasteiger partial charge in [-0.05, 0) is 40.0 Å². The van der Waals surface area contributed by atoms with Crippen molar-refractivity contribution < 1.29 is 4.79 Å². The number of carbonyl (C=O) groups is 1. The van der Waals surface area contributed by atoms with Crippen molar-refractivity contribution in [3.8, 4) is 0 Å². The molecule has 1 aliphatic heterocycles. The molecule has 5 heteroatoms. The highest BCUT2D eigenvalue weighted by Gasteiger charge is 2.36. The Morgan fingerprint density at radius 2 is 2.05 bits per heavy atom. The Morgan fingerprint density at radius 1 is 1.32 bits per heavy atom. The maximum Gasteiger partial charge on any atom is 0.270 e. The molecule has 0 bridgehead atoms. The zero-order valence-electron chi connectivity index (χ0n) is 12.6. The predicted octanol–water partition coefficient (Wildman–Crippen LogP) is 2.60. The molecule has 1 amide bonds.